The van der Waals surface area contributed by atoms with Crippen molar-refractivity contribution in [3.8, 4) is 10.4 Å². The van der Waals surface area contributed by atoms with Crippen LogP contribution in [0.4, 0.5) is 0 Å². The highest BCUT2D eigenvalue weighted by molar-refractivity contribution is 7.13. The number of benzene rings is 1. The maximum absolute atomic E-state index is 11.3. The quantitative estimate of drug-likeness (QED) is 0.608. The molecule has 4 heteroatoms. The van der Waals surface area contributed by atoms with E-state index >= 15 is 0 Å². The summed E-state index contributed by atoms with van der Waals surface area (Å²) in [4.78, 5) is 12.4. The Labute approximate surface area is 121 Å². The van der Waals surface area contributed by atoms with Crippen LogP contribution in [0.2, 0.25) is 5.02 Å². The first-order valence-electron chi connectivity index (χ1n) is 5.72. The zero-order chi connectivity index (χ0) is 13.8. The van der Waals surface area contributed by atoms with Crippen molar-refractivity contribution in [2.45, 2.75) is 6.92 Å². The van der Waals surface area contributed by atoms with Crippen molar-refractivity contribution in [1.82, 2.24) is 0 Å². The summed E-state index contributed by atoms with van der Waals surface area (Å²) < 4.78 is 4.63. The number of hydrogen-bond acceptors (Lipinski definition) is 3. The van der Waals surface area contributed by atoms with Crippen molar-refractivity contribution < 1.29 is 9.53 Å². The fraction of sp³-hybridized carbons (Fsp3) is 0.133. The SMILES string of the molecule is COC(=O)/C=C(\C)c1ccc(Cl)c(-c2cccs2)c1. The third-order valence-corrected chi connectivity index (χ3v) is 3.98. The molecule has 0 aliphatic heterocycles. The van der Waals surface area contributed by atoms with E-state index in [1.54, 1.807) is 11.3 Å². The van der Waals surface area contributed by atoms with Crippen molar-refractivity contribution in [3.05, 3.63) is 52.4 Å². The number of halogens is 1. The Bertz CT molecular complexity index is 615. The molecule has 19 heavy (non-hydrogen) atoms. The van der Waals surface area contributed by atoms with Gasteiger partial charge in [-0.1, -0.05) is 23.7 Å². The molecule has 0 aliphatic rings. The molecule has 0 bridgehead atoms. The van der Waals surface area contributed by atoms with Gasteiger partial charge in [-0.2, -0.15) is 0 Å². The number of esters is 1. The van der Waals surface area contributed by atoms with E-state index in [9.17, 15) is 4.79 Å². The number of rotatable bonds is 3. The van der Waals surface area contributed by atoms with Crippen LogP contribution in [0.25, 0.3) is 16.0 Å². The molecule has 0 saturated heterocycles. The van der Waals surface area contributed by atoms with E-state index in [4.69, 9.17) is 11.6 Å². The normalized spacial score (nSPS) is 11.4. The summed E-state index contributed by atoms with van der Waals surface area (Å²) in [7, 11) is 1.37. The van der Waals surface area contributed by atoms with E-state index in [0.717, 1.165) is 21.6 Å². The Morgan fingerprint density at radius 1 is 1.37 bits per heavy atom. The second-order valence-electron chi connectivity index (χ2n) is 4.02. The van der Waals surface area contributed by atoms with Gasteiger partial charge in [0.25, 0.3) is 0 Å². The van der Waals surface area contributed by atoms with Gasteiger partial charge in [-0.25, -0.2) is 4.79 Å². The highest BCUT2D eigenvalue weighted by Crippen LogP contribution is 2.33. The molecule has 0 N–H and O–H groups in total. The van der Waals surface area contributed by atoms with Crippen LogP contribution in [-0.4, -0.2) is 13.1 Å². The molecule has 2 rings (SSSR count). The molecule has 0 fully saturated rings. The standard InChI is InChI=1S/C15H13ClO2S/c1-10(8-15(17)18-2)11-5-6-13(16)12(9-11)14-4-3-7-19-14/h3-9H,1-2H3/b10-8+. The molecule has 0 radical (unpaired) electrons. The lowest BCUT2D eigenvalue weighted by atomic mass is 10.0. The summed E-state index contributed by atoms with van der Waals surface area (Å²) in [6.07, 6.45) is 1.47. The number of carbonyl (C=O) groups excluding carboxylic acids is 1. The van der Waals surface area contributed by atoms with Crippen LogP contribution in [0.3, 0.4) is 0 Å². The maximum atomic E-state index is 11.3. The van der Waals surface area contributed by atoms with Crippen LogP contribution in [0.1, 0.15) is 12.5 Å². The number of allylic oxidation sites excluding steroid dienone is 1. The largest absolute Gasteiger partial charge is 0.466 e. The fourth-order valence-corrected chi connectivity index (χ4v) is 2.74. The van der Waals surface area contributed by atoms with Crippen molar-refractivity contribution in [2.24, 2.45) is 0 Å². The van der Waals surface area contributed by atoms with Gasteiger partial charge in [0, 0.05) is 21.5 Å². The van der Waals surface area contributed by atoms with Gasteiger partial charge in [-0.15, -0.1) is 11.3 Å². The molecule has 0 unspecified atom stereocenters. The lowest BCUT2D eigenvalue weighted by Gasteiger charge is -2.06. The van der Waals surface area contributed by atoms with Crippen molar-refractivity contribution >= 4 is 34.5 Å². The molecular weight excluding hydrogens is 280 g/mol. The van der Waals surface area contributed by atoms with Crippen LogP contribution in [0.5, 0.6) is 0 Å². The van der Waals surface area contributed by atoms with Crippen LogP contribution in [0.15, 0.2) is 41.8 Å². The second kappa shape index (κ2) is 6.04. The fourth-order valence-electron chi connectivity index (χ4n) is 1.71. The van der Waals surface area contributed by atoms with E-state index in [0.29, 0.717) is 5.02 Å². The van der Waals surface area contributed by atoms with Crippen LogP contribution in [0, 0.1) is 0 Å². The smallest absolute Gasteiger partial charge is 0.330 e. The lowest BCUT2D eigenvalue weighted by molar-refractivity contribution is -0.134. The molecule has 0 spiro atoms. The molecule has 1 aromatic heterocycles. The minimum Gasteiger partial charge on any atom is -0.466 e. The maximum Gasteiger partial charge on any atom is 0.330 e. The van der Waals surface area contributed by atoms with Gasteiger partial charge in [-0.05, 0) is 41.6 Å². The number of ether oxygens (including phenoxy) is 1. The van der Waals surface area contributed by atoms with Crippen LogP contribution >= 0.6 is 22.9 Å². The minimum absolute atomic E-state index is 0.356. The van der Waals surface area contributed by atoms with Gasteiger partial charge in [0.1, 0.15) is 0 Å². The monoisotopic (exact) mass is 292 g/mol. The van der Waals surface area contributed by atoms with Gasteiger partial charge < -0.3 is 4.74 Å². The highest BCUT2D eigenvalue weighted by Gasteiger charge is 2.07. The summed E-state index contributed by atoms with van der Waals surface area (Å²) in [5.74, 6) is -0.356. The summed E-state index contributed by atoms with van der Waals surface area (Å²) >= 11 is 7.85. The summed E-state index contributed by atoms with van der Waals surface area (Å²) in [6, 6.07) is 9.74. The Balaban J connectivity index is 2.42. The summed E-state index contributed by atoms with van der Waals surface area (Å²) in [5.41, 5.74) is 2.78. The summed E-state index contributed by atoms with van der Waals surface area (Å²) in [6.45, 7) is 1.87. The first-order valence-corrected chi connectivity index (χ1v) is 6.97. The van der Waals surface area contributed by atoms with E-state index < -0.39 is 0 Å². The predicted molar refractivity (Wildman–Crippen MR) is 80.4 cm³/mol. The molecule has 2 nitrogen and oxygen atoms in total. The van der Waals surface area contributed by atoms with Gasteiger partial charge in [0.2, 0.25) is 0 Å². The van der Waals surface area contributed by atoms with E-state index in [2.05, 4.69) is 4.74 Å². The first-order chi connectivity index (χ1) is 9.11. The molecular formula is C15H13ClO2S. The Kier molecular flexibility index (Phi) is 4.40. The zero-order valence-corrected chi connectivity index (χ0v) is 12.2. The van der Waals surface area contributed by atoms with Gasteiger partial charge in [0.15, 0.2) is 0 Å². The third kappa shape index (κ3) is 3.25. The van der Waals surface area contributed by atoms with Crippen LogP contribution < -0.4 is 0 Å². The van der Waals surface area contributed by atoms with E-state index in [1.807, 2.05) is 42.6 Å². The molecule has 0 aliphatic carbocycles. The van der Waals surface area contributed by atoms with Crippen molar-refractivity contribution in [3.63, 3.8) is 0 Å². The highest BCUT2D eigenvalue weighted by atomic mass is 35.5. The zero-order valence-electron chi connectivity index (χ0n) is 10.6. The summed E-state index contributed by atoms with van der Waals surface area (Å²) in [5, 5.41) is 2.72. The number of carbonyl (C=O) groups is 1. The van der Waals surface area contributed by atoms with E-state index in [-0.39, 0.29) is 5.97 Å². The van der Waals surface area contributed by atoms with Crippen molar-refractivity contribution in [2.75, 3.05) is 7.11 Å². The van der Waals surface area contributed by atoms with Crippen molar-refractivity contribution in [1.29, 1.82) is 0 Å². The van der Waals surface area contributed by atoms with Gasteiger partial charge in [0.05, 0.1) is 7.11 Å². The van der Waals surface area contributed by atoms with Crippen LogP contribution in [-0.2, 0) is 9.53 Å². The van der Waals surface area contributed by atoms with E-state index in [1.165, 1.54) is 13.2 Å². The lowest BCUT2D eigenvalue weighted by Crippen LogP contribution is -1.95. The molecule has 0 atom stereocenters. The Hall–Kier alpha value is -1.58. The molecule has 0 saturated carbocycles. The predicted octanol–water partition coefficient (Wildman–Crippen LogP) is 4.64. The molecule has 98 valence electrons. The number of thiophene rings is 1. The second-order valence-corrected chi connectivity index (χ2v) is 5.38. The average molecular weight is 293 g/mol. The first kappa shape index (κ1) is 13.8. The molecule has 1 aromatic carbocycles. The average Bonchev–Trinajstić information content (AvgIpc) is 2.92. The molecule has 1 heterocycles. The topological polar surface area (TPSA) is 26.3 Å². The van der Waals surface area contributed by atoms with Gasteiger partial charge >= 0.3 is 5.97 Å². The third-order valence-electron chi connectivity index (χ3n) is 2.74. The Morgan fingerprint density at radius 3 is 2.79 bits per heavy atom. The Morgan fingerprint density at radius 2 is 2.16 bits per heavy atom. The number of hydrogen-bond donors (Lipinski definition) is 0. The molecule has 0 amide bonds. The van der Waals surface area contributed by atoms with Gasteiger partial charge in [-0.3, -0.25) is 0 Å². The minimum atomic E-state index is -0.356. The molecule has 2 aromatic rings. The number of methoxy groups -OCH3 is 1.